The number of rotatable bonds is 4. The van der Waals surface area contributed by atoms with Gasteiger partial charge in [-0.1, -0.05) is 25.4 Å². The van der Waals surface area contributed by atoms with Crippen molar-refractivity contribution in [1.29, 1.82) is 0 Å². The number of pyridine rings is 1. The first kappa shape index (κ1) is 12.1. The Labute approximate surface area is 94.5 Å². The van der Waals surface area contributed by atoms with Gasteiger partial charge in [0.25, 0.3) is 0 Å². The van der Waals surface area contributed by atoms with Crippen LogP contribution in [0.5, 0.6) is 0 Å². The van der Waals surface area contributed by atoms with Crippen LogP contribution in [0.15, 0.2) is 12.3 Å². The van der Waals surface area contributed by atoms with Crippen LogP contribution in [0.25, 0.3) is 0 Å². The van der Waals surface area contributed by atoms with Gasteiger partial charge < -0.3 is 16.2 Å². The van der Waals surface area contributed by atoms with Crippen molar-refractivity contribution < 1.29 is 5.11 Å². The minimum Gasteiger partial charge on any atom is -0.396 e. The quantitative estimate of drug-likeness (QED) is 0.736. The second-order valence-electron chi connectivity index (χ2n) is 3.77. The second-order valence-corrected chi connectivity index (χ2v) is 4.21. The standard InChI is InChI=1S/C10H16ClN3O/c1-6(2)9(5-15)14-10-8(12)3-7(11)4-13-10/h3-4,6,9,15H,5,12H2,1-2H3,(H,13,14)/t9-/m1/s1. The molecule has 0 aliphatic carbocycles. The van der Waals surface area contributed by atoms with Crippen LogP contribution in [-0.2, 0) is 0 Å². The number of nitrogens with zero attached hydrogens (tertiary/aromatic N) is 1. The van der Waals surface area contributed by atoms with E-state index in [-0.39, 0.29) is 12.6 Å². The van der Waals surface area contributed by atoms with Gasteiger partial charge in [0, 0.05) is 6.20 Å². The van der Waals surface area contributed by atoms with Gasteiger partial charge >= 0.3 is 0 Å². The number of anilines is 2. The average Bonchev–Trinajstić information content (AvgIpc) is 2.16. The van der Waals surface area contributed by atoms with E-state index in [0.717, 1.165) is 0 Å². The van der Waals surface area contributed by atoms with Gasteiger partial charge in [0.2, 0.25) is 0 Å². The van der Waals surface area contributed by atoms with Gasteiger partial charge in [-0.25, -0.2) is 4.98 Å². The first-order valence-electron chi connectivity index (χ1n) is 4.83. The van der Waals surface area contributed by atoms with Gasteiger partial charge in [-0.15, -0.1) is 0 Å². The molecule has 0 saturated heterocycles. The molecule has 1 heterocycles. The normalized spacial score (nSPS) is 12.9. The molecule has 0 spiro atoms. The van der Waals surface area contributed by atoms with Crippen molar-refractivity contribution in [3.05, 3.63) is 17.3 Å². The number of nitrogens with two attached hydrogens (primary N) is 1. The smallest absolute Gasteiger partial charge is 0.149 e. The first-order valence-corrected chi connectivity index (χ1v) is 5.20. The SMILES string of the molecule is CC(C)[C@@H](CO)Nc1ncc(Cl)cc1N. The van der Waals surface area contributed by atoms with Crippen molar-refractivity contribution in [2.24, 2.45) is 5.92 Å². The molecule has 4 N–H and O–H groups in total. The molecule has 0 saturated carbocycles. The minimum absolute atomic E-state index is 0.0431. The Morgan fingerprint density at radius 3 is 2.73 bits per heavy atom. The summed E-state index contributed by atoms with van der Waals surface area (Å²) in [4.78, 5) is 4.07. The molecule has 1 aromatic rings. The Balaban J connectivity index is 2.79. The van der Waals surface area contributed by atoms with Gasteiger partial charge in [0.1, 0.15) is 5.82 Å². The zero-order valence-corrected chi connectivity index (χ0v) is 9.62. The fourth-order valence-corrected chi connectivity index (χ4v) is 1.34. The summed E-state index contributed by atoms with van der Waals surface area (Å²) in [5.74, 6) is 0.860. The van der Waals surface area contributed by atoms with E-state index in [0.29, 0.717) is 22.4 Å². The highest BCUT2D eigenvalue weighted by Crippen LogP contribution is 2.21. The Kier molecular flexibility index (Phi) is 4.17. The van der Waals surface area contributed by atoms with E-state index in [4.69, 9.17) is 22.4 Å². The molecule has 0 amide bonds. The Bertz CT molecular complexity index is 330. The fraction of sp³-hybridized carbons (Fsp3) is 0.500. The van der Waals surface area contributed by atoms with Crippen LogP contribution in [0.4, 0.5) is 11.5 Å². The van der Waals surface area contributed by atoms with Crippen molar-refractivity contribution in [1.82, 2.24) is 4.98 Å². The summed E-state index contributed by atoms with van der Waals surface area (Å²) in [5.41, 5.74) is 6.22. The van der Waals surface area contributed by atoms with E-state index in [1.807, 2.05) is 13.8 Å². The van der Waals surface area contributed by atoms with Gasteiger partial charge in [-0.05, 0) is 12.0 Å². The maximum Gasteiger partial charge on any atom is 0.149 e. The van der Waals surface area contributed by atoms with Crippen molar-refractivity contribution in [3.8, 4) is 0 Å². The zero-order chi connectivity index (χ0) is 11.4. The highest BCUT2D eigenvalue weighted by atomic mass is 35.5. The zero-order valence-electron chi connectivity index (χ0n) is 8.87. The molecular formula is C10H16ClN3O. The minimum atomic E-state index is -0.0547. The summed E-state index contributed by atoms with van der Waals surface area (Å²) in [6.07, 6.45) is 1.52. The van der Waals surface area contributed by atoms with Crippen LogP contribution in [0.3, 0.4) is 0 Å². The summed E-state index contributed by atoms with van der Waals surface area (Å²) < 4.78 is 0. The molecule has 0 radical (unpaired) electrons. The van der Waals surface area contributed by atoms with Crippen molar-refractivity contribution in [2.45, 2.75) is 19.9 Å². The molecule has 0 aliphatic heterocycles. The van der Waals surface area contributed by atoms with Crippen molar-refractivity contribution in [2.75, 3.05) is 17.7 Å². The average molecular weight is 230 g/mol. The summed E-state index contributed by atoms with van der Waals surface area (Å²) in [6.45, 7) is 4.07. The van der Waals surface area contributed by atoms with E-state index < -0.39 is 0 Å². The van der Waals surface area contributed by atoms with E-state index in [2.05, 4.69) is 10.3 Å². The molecule has 15 heavy (non-hydrogen) atoms. The lowest BCUT2D eigenvalue weighted by molar-refractivity contribution is 0.249. The number of nitrogen functional groups attached to an aromatic ring is 1. The van der Waals surface area contributed by atoms with Crippen LogP contribution in [0, 0.1) is 5.92 Å². The van der Waals surface area contributed by atoms with Crippen LogP contribution >= 0.6 is 11.6 Å². The van der Waals surface area contributed by atoms with Gasteiger partial charge in [0.15, 0.2) is 0 Å². The predicted octanol–water partition coefficient (Wildman–Crippen LogP) is 1.75. The summed E-state index contributed by atoms with van der Waals surface area (Å²) in [6, 6.07) is 1.58. The number of aromatic nitrogens is 1. The molecule has 84 valence electrons. The number of aliphatic hydroxyl groups is 1. The van der Waals surface area contributed by atoms with Crippen LogP contribution < -0.4 is 11.1 Å². The number of nitrogens with one attached hydrogen (secondary N) is 1. The van der Waals surface area contributed by atoms with Crippen LogP contribution in [-0.4, -0.2) is 22.7 Å². The number of hydrogen-bond acceptors (Lipinski definition) is 4. The van der Waals surface area contributed by atoms with E-state index in [9.17, 15) is 0 Å². The molecular weight excluding hydrogens is 214 g/mol. The highest BCUT2D eigenvalue weighted by Gasteiger charge is 2.13. The maximum absolute atomic E-state index is 9.15. The highest BCUT2D eigenvalue weighted by molar-refractivity contribution is 6.30. The second kappa shape index (κ2) is 5.19. The van der Waals surface area contributed by atoms with Gasteiger partial charge in [-0.2, -0.15) is 0 Å². The largest absolute Gasteiger partial charge is 0.396 e. The van der Waals surface area contributed by atoms with E-state index in [1.165, 1.54) is 6.20 Å². The lowest BCUT2D eigenvalue weighted by atomic mass is 10.1. The van der Waals surface area contributed by atoms with E-state index >= 15 is 0 Å². The molecule has 0 aromatic carbocycles. The lowest BCUT2D eigenvalue weighted by Crippen LogP contribution is -2.30. The molecule has 1 rings (SSSR count). The molecule has 5 heteroatoms. The van der Waals surface area contributed by atoms with Crippen LogP contribution in [0.2, 0.25) is 5.02 Å². The molecule has 0 aliphatic rings. The fourth-order valence-electron chi connectivity index (χ4n) is 1.17. The summed E-state index contributed by atoms with van der Waals surface area (Å²) in [7, 11) is 0. The van der Waals surface area contributed by atoms with Crippen molar-refractivity contribution in [3.63, 3.8) is 0 Å². The molecule has 0 unspecified atom stereocenters. The number of aliphatic hydroxyl groups excluding tert-OH is 1. The van der Waals surface area contributed by atoms with Crippen molar-refractivity contribution >= 4 is 23.1 Å². The monoisotopic (exact) mass is 229 g/mol. The molecule has 1 atom stereocenters. The van der Waals surface area contributed by atoms with Gasteiger partial charge in [0.05, 0.1) is 23.4 Å². The van der Waals surface area contributed by atoms with Crippen LogP contribution in [0.1, 0.15) is 13.8 Å². The Morgan fingerprint density at radius 2 is 2.27 bits per heavy atom. The number of hydrogen-bond donors (Lipinski definition) is 3. The topological polar surface area (TPSA) is 71.2 Å². The lowest BCUT2D eigenvalue weighted by Gasteiger charge is -2.21. The third-order valence-corrected chi connectivity index (χ3v) is 2.41. The van der Waals surface area contributed by atoms with E-state index in [1.54, 1.807) is 6.07 Å². The third-order valence-electron chi connectivity index (χ3n) is 2.21. The maximum atomic E-state index is 9.15. The summed E-state index contributed by atoms with van der Waals surface area (Å²) in [5, 5.41) is 12.7. The number of halogens is 1. The molecule has 0 bridgehead atoms. The first-order chi connectivity index (χ1) is 7.04. The molecule has 4 nitrogen and oxygen atoms in total. The Hall–Kier alpha value is -1.00. The summed E-state index contributed by atoms with van der Waals surface area (Å²) >= 11 is 5.73. The molecule has 0 fully saturated rings. The van der Waals surface area contributed by atoms with Gasteiger partial charge in [-0.3, -0.25) is 0 Å². The Morgan fingerprint density at radius 1 is 1.60 bits per heavy atom. The third kappa shape index (κ3) is 3.25. The molecule has 1 aromatic heterocycles. The predicted molar refractivity (Wildman–Crippen MR) is 63.0 cm³/mol.